The molecule has 0 fully saturated rings. The van der Waals surface area contributed by atoms with Gasteiger partial charge in [0.2, 0.25) is 11.8 Å². The van der Waals surface area contributed by atoms with E-state index in [2.05, 4.69) is 14.9 Å². The molecule has 2 heterocycles. The Bertz CT molecular complexity index is 5130. The highest BCUT2D eigenvalue weighted by atomic mass is 32.2. The number of benzene rings is 6. The maximum absolute atomic E-state index is 14.7. The number of rotatable bonds is 26. The first kappa shape index (κ1) is 47.9. The molecular weight excluding hydrogens is 1270 g/mol. The first-order valence-electron chi connectivity index (χ1n) is 40.6. The van der Waals surface area contributed by atoms with E-state index in [0.717, 1.165) is 71.4 Å². The number of alkyl halides is 6. The van der Waals surface area contributed by atoms with Gasteiger partial charge in [-0.2, -0.15) is 36.3 Å². The summed E-state index contributed by atoms with van der Waals surface area (Å²) in [7, 11) is 0. The average molecular weight is 1370 g/mol. The Labute approximate surface area is 586 Å². The average Bonchev–Trinajstić information content (AvgIpc) is 1.52. The number of hydrogen-bond donors (Lipinski definition) is 0. The number of aromatic nitrogens is 4. The normalized spacial score (nSPS) is 18.9. The van der Waals surface area contributed by atoms with Crippen molar-refractivity contribution in [3.63, 3.8) is 0 Å². The molecule has 0 N–H and O–H groups in total. The van der Waals surface area contributed by atoms with Crippen molar-refractivity contribution < 1.29 is 73.5 Å². The second-order valence-corrected chi connectivity index (χ2v) is 23.2. The largest absolute Gasteiger partial charge is 0.416 e. The van der Waals surface area contributed by atoms with Crippen LogP contribution in [0.1, 0.15) is 126 Å². The molecule has 502 valence electrons. The molecule has 6 aromatic carbocycles. The lowest BCUT2D eigenvalue weighted by Gasteiger charge is -2.28. The molecule has 12 nitrogen and oxygen atoms in total. The van der Waals surface area contributed by atoms with Crippen molar-refractivity contribution >= 4 is 35.3 Å². The minimum absolute atomic E-state index is 0.122. The number of halogens is 8. The molecule has 95 heavy (non-hydrogen) atoms. The molecule has 22 heteroatoms. The zero-order valence-corrected chi connectivity index (χ0v) is 53.7. The zero-order valence-electron chi connectivity index (χ0n) is 73.1. The lowest BCUT2D eigenvalue weighted by atomic mass is 10.0. The highest BCUT2D eigenvalue weighted by Gasteiger charge is 2.33. The monoisotopic (exact) mass is 1370 g/mol. The van der Waals surface area contributed by atoms with Crippen LogP contribution in [0, 0.1) is 17.5 Å². The Morgan fingerprint density at radius 2 is 0.989 bits per heavy atom. The summed E-state index contributed by atoms with van der Waals surface area (Å²) in [4.78, 5) is 70.3. The standard InChI is InChI=1S/C37H40F4N4O2S.C36H38F4N4O2S/c1-4-43(5-2)18-19-44(22-26-6-10-28(11-7-26)29-12-14-30(15-13-29)37(39,40)41)34(46)23-45-33-21-25(3)20-32(33)35(47)42-36(45)48-24-27-8-16-31(38)17-9-27;1-3-42(4-2)20-21-43(22-25-8-12-27(13-9-25)28-14-16-29(17-15-28)36(38,39)40)33(45)23-44-32-7-5-6-31(32)34(46)41-35(44)47-24-26-10-18-30(37)19-11-26/h6-17,25H,4-5,18-24H2,1-3H3;8-19H,3-7,20-24H2,1-2H3/i6D,7D,10D,11D,12D,13D,14D,15D,20D2,21D2,24D2,25D;10D,11D,18D,19D,24D2. The summed E-state index contributed by atoms with van der Waals surface area (Å²) in [6.45, 7) is 9.80. The summed E-state index contributed by atoms with van der Waals surface area (Å²) >= 11 is 0.572. The van der Waals surface area contributed by atoms with Gasteiger partial charge in [-0.3, -0.25) is 19.2 Å². The van der Waals surface area contributed by atoms with Crippen LogP contribution in [0.2, 0.25) is 0 Å². The zero-order chi connectivity index (χ0) is 86.5. The van der Waals surface area contributed by atoms with Gasteiger partial charge < -0.3 is 28.7 Å². The van der Waals surface area contributed by atoms with Gasteiger partial charge >= 0.3 is 12.4 Å². The third-order valence-corrected chi connectivity index (χ3v) is 17.1. The first-order valence-corrected chi connectivity index (χ1v) is 31.7. The van der Waals surface area contributed by atoms with Crippen LogP contribution in [0.3, 0.4) is 0 Å². The molecule has 0 bridgehead atoms. The van der Waals surface area contributed by atoms with E-state index >= 15 is 0 Å². The van der Waals surface area contributed by atoms with E-state index in [1.54, 1.807) is 29.2 Å². The van der Waals surface area contributed by atoms with Gasteiger partial charge in [-0.25, -0.2) is 8.78 Å². The molecule has 0 spiro atoms. The van der Waals surface area contributed by atoms with E-state index in [-0.39, 0.29) is 54.6 Å². The van der Waals surface area contributed by atoms with Crippen LogP contribution in [-0.2, 0) is 85.1 Å². The summed E-state index contributed by atoms with van der Waals surface area (Å²) < 4.78 is 290. The van der Waals surface area contributed by atoms with Gasteiger partial charge in [-0.05, 0) is 157 Å². The quantitative estimate of drug-likeness (QED) is 0.0295. The number of carbonyl (C=O) groups excluding carboxylic acids is 2. The number of hydrogen-bond acceptors (Lipinski definition) is 10. The molecule has 10 rings (SSSR count). The Balaban J connectivity index is 0.000000269. The summed E-state index contributed by atoms with van der Waals surface area (Å²) in [6.07, 6.45) is -14.4. The Morgan fingerprint density at radius 1 is 0.537 bits per heavy atom. The lowest BCUT2D eigenvalue weighted by Crippen LogP contribution is -2.40. The Hall–Kier alpha value is -7.92. The third-order valence-electron chi connectivity index (χ3n) is 15.4. The van der Waals surface area contributed by atoms with E-state index in [9.17, 15) is 54.3 Å². The second kappa shape index (κ2) is 32.7. The highest BCUT2D eigenvalue weighted by molar-refractivity contribution is 7.98. The van der Waals surface area contributed by atoms with Crippen molar-refractivity contribution in [2.75, 3.05) is 52.4 Å². The van der Waals surface area contributed by atoms with Crippen molar-refractivity contribution in [2.24, 2.45) is 5.89 Å². The molecule has 2 aliphatic carbocycles. The van der Waals surface area contributed by atoms with Gasteiger partial charge in [-0.1, -0.05) is 155 Å². The lowest BCUT2D eigenvalue weighted by molar-refractivity contribution is -0.138. The molecule has 2 aromatic heterocycles. The molecule has 0 radical (unpaired) electrons. The molecule has 2 amide bonds. The Kier molecular flexibility index (Phi) is 16.5. The Morgan fingerprint density at radius 3 is 1.51 bits per heavy atom. The van der Waals surface area contributed by atoms with Crippen LogP contribution in [0.25, 0.3) is 22.3 Å². The van der Waals surface area contributed by atoms with Gasteiger partial charge in [0.05, 0.1) is 27.6 Å². The van der Waals surface area contributed by atoms with E-state index in [1.165, 1.54) is 16.7 Å². The van der Waals surface area contributed by atoms with Crippen molar-refractivity contribution in [3.8, 4) is 22.3 Å². The predicted molar refractivity (Wildman–Crippen MR) is 358 cm³/mol. The van der Waals surface area contributed by atoms with Gasteiger partial charge in [0, 0.05) is 85.5 Å². The molecule has 0 aliphatic heterocycles. The summed E-state index contributed by atoms with van der Waals surface area (Å²) in [5.74, 6) is -6.18. The number of nitrogens with zero attached hydrogens (tertiary/aromatic N) is 8. The minimum atomic E-state index is -5.31. The maximum Gasteiger partial charge on any atom is 0.416 e. The van der Waals surface area contributed by atoms with Crippen LogP contribution >= 0.6 is 23.5 Å². The van der Waals surface area contributed by atoms with E-state index in [4.69, 9.17) is 28.8 Å². The van der Waals surface area contributed by atoms with Crippen molar-refractivity contribution in [1.82, 2.24) is 38.7 Å². The molecule has 1 unspecified atom stereocenters. The topological polar surface area (TPSA) is 117 Å². The summed E-state index contributed by atoms with van der Waals surface area (Å²) in [5.41, 5.74) is -11.7. The molecular formula is C73H78F8N8O4S2. The molecule has 0 saturated heterocycles. The number of likely N-dealkylation sites (N-methyl/N-ethyl adjacent to an activating group) is 2. The van der Waals surface area contributed by atoms with Crippen LogP contribution < -0.4 is 11.1 Å². The second-order valence-electron chi connectivity index (χ2n) is 21.6. The first-order chi connectivity index (χ1) is 53.9. The smallest absolute Gasteiger partial charge is 0.336 e. The van der Waals surface area contributed by atoms with Crippen molar-refractivity contribution in [2.45, 2.75) is 127 Å². The number of thioether (sulfide) groups is 2. The van der Waals surface area contributed by atoms with E-state index < -0.39 is 206 Å². The van der Waals surface area contributed by atoms with Gasteiger partial charge in [0.25, 0.3) is 11.1 Å². The van der Waals surface area contributed by atoms with E-state index in [0.29, 0.717) is 79.6 Å². The summed E-state index contributed by atoms with van der Waals surface area (Å²) in [5, 5.41) is -0.827. The van der Waals surface area contributed by atoms with Gasteiger partial charge in [0.1, 0.15) is 24.7 Å². The molecule has 1 atom stereocenters. The number of fused-ring (bicyclic) bond motifs is 2. The third kappa shape index (κ3) is 19.2. The number of carbonyl (C=O) groups is 2. The van der Waals surface area contributed by atoms with Crippen LogP contribution in [0.5, 0.6) is 0 Å². The SMILES string of the molecule is [2H]c1c([2H])c(-c2c([2H])c([2H])c(C(F)(F)F)c([2H])c2[2H])c([2H])c([2H])c1CN(CCN(CC)CC)C(=O)Cn1c(SC([2H])([2H])c2ccc(F)cc2)nc(=O)c2c1C([2H])([2H])C([2H])(C)C2([2H])[2H].[2H]c1c([2H])c(C([2H])([2H])Sc2nc(=O)c3c(n2CC(=O)N(CCN(CC)CC)Cc2ccc(-c4ccc(C(F)(F)F)cc4)cc2)CCC3)c([2H])c([2H])c1F. The maximum atomic E-state index is 14.7. The fourth-order valence-electron chi connectivity index (χ4n) is 10.1. The van der Waals surface area contributed by atoms with Crippen molar-refractivity contribution in [1.29, 1.82) is 0 Å². The fourth-order valence-corrected chi connectivity index (χ4v) is 11.6. The van der Waals surface area contributed by atoms with Crippen LogP contribution in [0.4, 0.5) is 35.1 Å². The minimum Gasteiger partial charge on any atom is -0.336 e. The van der Waals surface area contributed by atoms with Crippen LogP contribution in [0.15, 0.2) is 165 Å². The summed E-state index contributed by atoms with van der Waals surface area (Å²) in [6, 6.07) is 2.93. The van der Waals surface area contributed by atoms with E-state index in [1.807, 2.05) is 32.6 Å². The molecule has 8 aromatic rings. The predicted octanol–water partition coefficient (Wildman–Crippen LogP) is 14.7. The van der Waals surface area contributed by atoms with Gasteiger partial charge in [-0.15, -0.1) is 0 Å². The number of amides is 2. The van der Waals surface area contributed by atoms with Gasteiger partial charge in [0.15, 0.2) is 10.3 Å². The van der Waals surface area contributed by atoms with Crippen LogP contribution in [-0.4, -0.2) is 103 Å². The fraction of sp³-hybridized carbons (Fsp3) is 0.370. The molecule has 0 saturated carbocycles. The molecule has 2 aliphatic rings. The van der Waals surface area contributed by atoms with Crippen molar-refractivity contribution in [3.05, 3.63) is 234 Å². The highest BCUT2D eigenvalue weighted by Crippen LogP contribution is 2.35.